The molecule has 2 saturated carbocycles. The van der Waals surface area contributed by atoms with Crippen LogP contribution in [-0.2, 0) is 0 Å². The van der Waals surface area contributed by atoms with Crippen molar-refractivity contribution in [2.24, 2.45) is 5.73 Å². The van der Waals surface area contributed by atoms with E-state index in [1.165, 1.54) is 25.7 Å². The van der Waals surface area contributed by atoms with Crippen molar-refractivity contribution in [2.45, 2.75) is 69.2 Å². The molecule has 2 aliphatic rings. The standard InChI is InChI=1S/C12H24N2O/c1-14(11-3-2-4-12(11)15)10-7-5-9(13)6-8-10/h9-12,15H,2-8,13H2,1H3. The second-order valence-corrected chi connectivity index (χ2v) is 5.30. The summed E-state index contributed by atoms with van der Waals surface area (Å²) in [6, 6.07) is 1.48. The van der Waals surface area contributed by atoms with Crippen LogP contribution >= 0.6 is 0 Å². The maximum absolute atomic E-state index is 9.88. The summed E-state index contributed by atoms with van der Waals surface area (Å²) in [5.41, 5.74) is 5.91. The number of nitrogens with zero attached hydrogens (tertiary/aromatic N) is 1. The van der Waals surface area contributed by atoms with Crippen LogP contribution in [-0.4, -0.2) is 41.3 Å². The fourth-order valence-electron chi connectivity index (χ4n) is 3.18. The molecule has 2 aliphatic carbocycles. The Labute approximate surface area is 92.6 Å². The van der Waals surface area contributed by atoms with Crippen LogP contribution < -0.4 is 5.73 Å². The largest absolute Gasteiger partial charge is 0.391 e. The number of aliphatic hydroxyl groups excluding tert-OH is 1. The van der Waals surface area contributed by atoms with E-state index in [9.17, 15) is 5.11 Å². The zero-order valence-electron chi connectivity index (χ0n) is 9.73. The van der Waals surface area contributed by atoms with Gasteiger partial charge in [-0.25, -0.2) is 0 Å². The molecule has 2 fully saturated rings. The van der Waals surface area contributed by atoms with Crippen molar-refractivity contribution in [1.29, 1.82) is 0 Å². The fourth-order valence-corrected chi connectivity index (χ4v) is 3.18. The topological polar surface area (TPSA) is 49.5 Å². The molecule has 0 saturated heterocycles. The van der Waals surface area contributed by atoms with Crippen molar-refractivity contribution >= 4 is 0 Å². The minimum absolute atomic E-state index is 0.0920. The van der Waals surface area contributed by atoms with Crippen molar-refractivity contribution in [2.75, 3.05) is 7.05 Å². The second kappa shape index (κ2) is 4.81. The molecule has 3 nitrogen and oxygen atoms in total. The van der Waals surface area contributed by atoms with E-state index in [0.717, 1.165) is 19.3 Å². The summed E-state index contributed by atoms with van der Waals surface area (Å²) in [7, 11) is 2.18. The molecule has 0 spiro atoms. The van der Waals surface area contributed by atoms with Crippen LogP contribution in [0, 0.1) is 0 Å². The number of likely N-dealkylation sites (N-methyl/N-ethyl adjacent to an activating group) is 1. The van der Waals surface area contributed by atoms with Crippen molar-refractivity contribution in [3.8, 4) is 0 Å². The molecule has 0 aliphatic heterocycles. The lowest BCUT2D eigenvalue weighted by molar-refractivity contribution is 0.0482. The smallest absolute Gasteiger partial charge is 0.0695 e. The molecule has 2 unspecified atom stereocenters. The molecule has 15 heavy (non-hydrogen) atoms. The summed E-state index contributed by atoms with van der Waals surface area (Å²) >= 11 is 0. The first-order valence-electron chi connectivity index (χ1n) is 6.34. The molecule has 0 bridgehead atoms. The van der Waals surface area contributed by atoms with E-state index in [0.29, 0.717) is 18.1 Å². The Morgan fingerprint density at radius 3 is 2.27 bits per heavy atom. The molecule has 0 amide bonds. The Balaban J connectivity index is 1.87. The number of hydrogen-bond donors (Lipinski definition) is 2. The predicted molar refractivity (Wildman–Crippen MR) is 61.6 cm³/mol. The van der Waals surface area contributed by atoms with E-state index in [1.54, 1.807) is 0 Å². The van der Waals surface area contributed by atoms with E-state index in [4.69, 9.17) is 5.73 Å². The van der Waals surface area contributed by atoms with Gasteiger partial charge in [0.1, 0.15) is 0 Å². The van der Waals surface area contributed by atoms with Gasteiger partial charge in [0.2, 0.25) is 0 Å². The lowest BCUT2D eigenvalue weighted by atomic mass is 9.90. The average molecular weight is 212 g/mol. The third-order valence-corrected chi connectivity index (χ3v) is 4.28. The molecule has 2 atom stereocenters. The molecular formula is C12H24N2O. The quantitative estimate of drug-likeness (QED) is 0.720. The Kier molecular flexibility index (Phi) is 3.65. The summed E-state index contributed by atoms with van der Waals surface area (Å²) in [6.45, 7) is 0. The van der Waals surface area contributed by atoms with E-state index in [1.807, 2.05) is 0 Å². The molecule has 0 aromatic rings. The average Bonchev–Trinajstić information content (AvgIpc) is 2.65. The summed E-state index contributed by atoms with van der Waals surface area (Å²) in [4.78, 5) is 2.42. The monoisotopic (exact) mass is 212 g/mol. The van der Waals surface area contributed by atoms with Gasteiger partial charge in [0.15, 0.2) is 0 Å². The Morgan fingerprint density at radius 2 is 1.73 bits per heavy atom. The highest BCUT2D eigenvalue weighted by atomic mass is 16.3. The van der Waals surface area contributed by atoms with Gasteiger partial charge in [-0.05, 0) is 52.0 Å². The normalized spacial score (nSPS) is 42.4. The first-order chi connectivity index (χ1) is 7.18. The van der Waals surface area contributed by atoms with Crippen LogP contribution in [0.15, 0.2) is 0 Å². The van der Waals surface area contributed by atoms with Gasteiger partial charge in [-0.15, -0.1) is 0 Å². The van der Waals surface area contributed by atoms with E-state index in [-0.39, 0.29) is 6.10 Å². The fraction of sp³-hybridized carbons (Fsp3) is 1.00. The van der Waals surface area contributed by atoms with Gasteiger partial charge in [0.25, 0.3) is 0 Å². The van der Waals surface area contributed by atoms with E-state index in [2.05, 4.69) is 11.9 Å². The van der Waals surface area contributed by atoms with Crippen LogP contribution in [0.5, 0.6) is 0 Å². The van der Waals surface area contributed by atoms with Crippen molar-refractivity contribution in [3.05, 3.63) is 0 Å². The highest BCUT2D eigenvalue weighted by Crippen LogP contribution is 2.29. The van der Waals surface area contributed by atoms with Gasteiger partial charge >= 0.3 is 0 Å². The molecule has 88 valence electrons. The number of rotatable bonds is 2. The molecular weight excluding hydrogens is 188 g/mol. The summed E-state index contributed by atoms with van der Waals surface area (Å²) in [5, 5.41) is 9.88. The van der Waals surface area contributed by atoms with Gasteiger partial charge < -0.3 is 10.8 Å². The SMILES string of the molecule is CN(C1CCC(N)CC1)C1CCCC1O. The molecule has 3 heteroatoms. The maximum Gasteiger partial charge on any atom is 0.0695 e. The maximum atomic E-state index is 9.88. The molecule has 3 N–H and O–H groups in total. The zero-order chi connectivity index (χ0) is 10.8. The van der Waals surface area contributed by atoms with Crippen molar-refractivity contribution in [3.63, 3.8) is 0 Å². The first kappa shape index (κ1) is 11.4. The van der Waals surface area contributed by atoms with E-state index >= 15 is 0 Å². The van der Waals surface area contributed by atoms with Crippen LogP contribution in [0.2, 0.25) is 0 Å². The van der Waals surface area contributed by atoms with Crippen LogP contribution in [0.3, 0.4) is 0 Å². The first-order valence-corrected chi connectivity index (χ1v) is 6.34. The number of aliphatic hydroxyl groups is 1. The van der Waals surface area contributed by atoms with E-state index < -0.39 is 0 Å². The highest BCUT2D eigenvalue weighted by Gasteiger charge is 2.33. The highest BCUT2D eigenvalue weighted by molar-refractivity contribution is 4.89. The van der Waals surface area contributed by atoms with Gasteiger partial charge in [0.05, 0.1) is 6.10 Å². The minimum Gasteiger partial charge on any atom is -0.391 e. The number of hydrogen-bond acceptors (Lipinski definition) is 3. The van der Waals surface area contributed by atoms with Crippen molar-refractivity contribution in [1.82, 2.24) is 4.90 Å². The van der Waals surface area contributed by atoms with Gasteiger partial charge in [0, 0.05) is 18.1 Å². The zero-order valence-corrected chi connectivity index (χ0v) is 9.73. The Hall–Kier alpha value is -0.120. The summed E-state index contributed by atoms with van der Waals surface area (Å²) < 4.78 is 0. The lowest BCUT2D eigenvalue weighted by Gasteiger charge is -2.38. The predicted octanol–water partition coefficient (Wildman–Crippen LogP) is 1.10. The summed E-state index contributed by atoms with van der Waals surface area (Å²) in [5.74, 6) is 0. The van der Waals surface area contributed by atoms with Crippen LogP contribution in [0.25, 0.3) is 0 Å². The molecule has 0 heterocycles. The second-order valence-electron chi connectivity index (χ2n) is 5.30. The third-order valence-electron chi connectivity index (χ3n) is 4.28. The molecule has 0 radical (unpaired) electrons. The third kappa shape index (κ3) is 2.52. The summed E-state index contributed by atoms with van der Waals surface area (Å²) in [6.07, 6.45) is 7.96. The number of nitrogens with two attached hydrogens (primary N) is 1. The van der Waals surface area contributed by atoms with Gasteiger partial charge in [-0.3, -0.25) is 4.90 Å². The van der Waals surface area contributed by atoms with Gasteiger partial charge in [-0.1, -0.05) is 0 Å². The van der Waals surface area contributed by atoms with Crippen molar-refractivity contribution < 1.29 is 5.11 Å². The Bertz CT molecular complexity index is 202. The molecule has 0 aromatic carbocycles. The molecule has 2 rings (SSSR count). The van der Waals surface area contributed by atoms with Crippen LogP contribution in [0.4, 0.5) is 0 Å². The molecule has 0 aromatic heterocycles. The minimum atomic E-state index is -0.0920. The van der Waals surface area contributed by atoms with Gasteiger partial charge in [-0.2, -0.15) is 0 Å². The Morgan fingerprint density at radius 1 is 1.07 bits per heavy atom. The lowest BCUT2D eigenvalue weighted by Crippen LogP contribution is -2.46. The van der Waals surface area contributed by atoms with Crippen LogP contribution in [0.1, 0.15) is 44.9 Å².